The van der Waals surface area contributed by atoms with E-state index in [4.69, 9.17) is 9.47 Å². The van der Waals surface area contributed by atoms with Gasteiger partial charge in [-0.3, -0.25) is 4.99 Å². The number of hydrogen-bond acceptors (Lipinski definition) is 3. The van der Waals surface area contributed by atoms with Crippen LogP contribution in [-0.2, 0) is 9.47 Å². The highest BCUT2D eigenvalue weighted by Gasteiger charge is 2.06. The van der Waals surface area contributed by atoms with Gasteiger partial charge in [0.1, 0.15) is 5.91 Å². The predicted octanol–water partition coefficient (Wildman–Crippen LogP) is 1.95. The molecule has 0 aromatic carbocycles. The molecule has 0 radical (unpaired) electrons. The molecule has 0 unspecified atom stereocenters. The molecule has 0 spiro atoms. The molecule has 4 heteroatoms. The second-order valence-electron chi connectivity index (χ2n) is 4.41. The van der Waals surface area contributed by atoms with Gasteiger partial charge in [-0.05, 0) is 32.1 Å². The molecule has 1 saturated carbocycles. The molecular weight excluding hydrogens is 218 g/mol. The fraction of sp³-hybridized carbons (Fsp3) is 0.917. The first kappa shape index (κ1) is 13.9. The van der Waals surface area contributed by atoms with Crippen LogP contribution in [0.15, 0.2) is 4.99 Å². The van der Waals surface area contributed by atoms with Gasteiger partial charge >= 0.3 is 0 Å². The van der Waals surface area contributed by atoms with Gasteiger partial charge in [0.05, 0.1) is 9.52 Å². The first-order valence-corrected chi connectivity index (χ1v) is 8.26. The largest absolute Gasteiger partial charge is 0.360 e. The lowest BCUT2D eigenvalue weighted by Crippen LogP contribution is -2.21. The third-order valence-corrected chi connectivity index (χ3v) is 5.19. The van der Waals surface area contributed by atoms with Crippen LogP contribution in [0.4, 0.5) is 0 Å². The minimum absolute atomic E-state index is 0.0994. The van der Waals surface area contributed by atoms with Crippen molar-refractivity contribution in [2.45, 2.75) is 50.5 Å². The van der Waals surface area contributed by atoms with Crippen LogP contribution in [0, 0.1) is 0 Å². The summed E-state index contributed by atoms with van der Waals surface area (Å²) in [6, 6.07) is 1.27. The van der Waals surface area contributed by atoms with E-state index in [0.717, 1.165) is 6.54 Å². The summed E-state index contributed by atoms with van der Waals surface area (Å²) >= 11 is 0. The molecule has 1 aliphatic carbocycles. The molecule has 0 aromatic heterocycles. The average molecular weight is 243 g/mol. The molecule has 16 heavy (non-hydrogen) atoms. The van der Waals surface area contributed by atoms with Crippen molar-refractivity contribution in [3.05, 3.63) is 0 Å². The number of rotatable bonds is 7. The summed E-state index contributed by atoms with van der Waals surface area (Å²) in [5.74, 6) is 0.0994. The monoisotopic (exact) mass is 243 g/mol. The molecule has 1 rings (SSSR count). The number of aliphatic imine (C=N–C) groups is 1. The second-order valence-corrected chi connectivity index (χ2v) is 6.36. The summed E-state index contributed by atoms with van der Waals surface area (Å²) in [6.07, 6.45) is 7.80. The van der Waals surface area contributed by atoms with E-state index in [0.29, 0.717) is 0 Å². The Morgan fingerprint density at radius 1 is 1.19 bits per heavy atom. The summed E-state index contributed by atoms with van der Waals surface area (Å²) in [7, 11) is 3.21. The van der Waals surface area contributed by atoms with E-state index >= 15 is 0 Å². The topological polar surface area (TPSA) is 30.8 Å². The minimum atomic E-state index is -0.237. The number of nitrogens with zero attached hydrogens (tertiary/aromatic N) is 1. The van der Waals surface area contributed by atoms with Gasteiger partial charge in [0, 0.05) is 26.5 Å². The third kappa shape index (κ3) is 5.77. The van der Waals surface area contributed by atoms with Gasteiger partial charge < -0.3 is 9.47 Å². The van der Waals surface area contributed by atoms with Gasteiger partial charge in [-0.2, -0.15) is 0 Å². The molecular formula is C12H25NO2Si. The highest BCUT2D eigenvalue weighted by atomic mass is 28.2. The van der Waals surface area contributed by atoms with E-state index in [-0.39, 0.29) is 15.4 Å². The van der Waals surface area contributed by atoms with Crippen molar-refractivity contribution in [3.8, 4) is 0 Å². The first-order valence-electron chi connectivity index (χ1n) is 6.44. The molecule has 0 heterocycles. The first-order chi connectivity index (χ1) is 7.86. The second kappa shape index (κ2) is 8.90. The van der Waals surface area contributed by atoms with Crippen molar-refractivity contribution in [3.63, 3.8) is 0 Å². The predicted molar refractivity (Wildman–Crippen MR) is 71.2 cm³/mol. The van der Waals surface area contributed by atoms with Crippen LogP contribution in [0.25, 0.3) is 0 Å². The molecule has 0 aliphatic heterocycles. The van der Waals surface area contributed by atoms with E-state index < -0.39 is 0 Å². The molecule has 3 nitrogen and oxygen atoms in total. The average Bonchev–Trinajstić information content (AvgIpc) is 2.35. The van der Waals surface area contributed by atoms with E-state index in [1.165, 1.54) is 50.3 Å². The maximum atomic E-state index is 5.20. The zero-order valence-electron chi connectivity index (χ0n) is 10.7. The smallest absolute Gasteiger partial charge is 0.134 e. The fourth-order valence-corrected chi connectivity index (χ4v) is 3.43. The van der Waals surface area contributed by atoms with E-state index in [1.54, 1.807) is 14.2 Å². The molecule has 0 saturated heterocycles. The lowest BCUT2D eigenvalue weighted by molar-refractivity contribution is -0.0441. The standard InChI is InChI=1S/C12H25NO2Si/c1-14-12(15-2)16-10-6-9-13-11-7-4-3-5-8-11/h12H,3-10,16H2,1-2H3. The number of methoxy groups -OCH3 is 2. The molecule has 0 bridgehead atoms. The van der Waals surface area contributed by atoms with Crippen LogP contribution >= 0.6 is 0 Å². The normalized spacial score (nSPS) is 17.6. The van der Waals surface area contributed by atoms with Gasteiger partial charge in [-0.1, -0.05) is 12.5 Å². The van der Waals surface area contributed by atoms with Gasteiger partial charge in [0.25, 0.3) is 0 Å². The lowest BCUT2D eigenvalue weighted by atomic mass is 9.98. The van der Waals surface area contributed by atoms with Gasteiger partial charge in [-0.15, -0.1) is 0 Å². The third-order valence-electron chi connectivity index (χ3n) is 3.14. The van der Waals surface area contributed by atoms with Crippen molar-refractivity contribution in [1.29, 1.82) is 0 Å². The van der Waals surface area contributed by atoms with Crippen molar-refractivity contribution < 1.29 is 9.47 Å². The van der Waals surface area contributed by atoms with E-state index in [2.05, 4.69) is 4.99 Å². The van der Waals surface area contributed by atoms with E-state index in [1.807, 2.05) is 0 Å². The highest BCUT2D eigenvalue weighted by molar-refractivity contribution is 6.36. The quantitative estimate of drug-likeness (QED) is 0.389. The van der Waals surface area contributed by atoms with Crippen molar-refractivity contribution in [1.82, 2.24) is 0 Å². The maximum absolute atomic E-state index is 5.20. The van der Waals surface area contributed by atoms with Gasteiger partial charge in [0.2, 0.25) is 0 Å². The Hall–Kier alpha value is -0.193. The number of ether oxygens (including phenoxy) is 2. The molecule has 0 aromatic rings. The molecule has 94 valence electrons. The summed E-state index contributed by atoms with van der Waals surface area (Å²) in [5, 5.41) is 0. The Balaban J connectivity index is 2.02. The zero-order chi connectivity index (χ0) is 11.6. The molecule has 1 fully saturated rings. The van der Waals surface area contributed by atoms with Crippen LogP contribution in [0.5, 0.6) is 0 Å². The van der Waals surface area contributed by atoms with Gasteiger partial charge in [0.15, 0.2) is 0 Å². The summed E-state index contributed by atoms with van der Waals surface area (Å²) in [4.78, 5) is 4.69. The van der Waals surface area contributed by atoms with Crippen LogP contribution in [0.1, 0.15) is 38.5 Å². The van der Waals surface area contributed by atoms with E-state index in [9.17, 15) is 0 Å². The Morgan fingerprint density at radius 2 is 1.88 bits per heavy atom. The van der Waals surface area contributed by atoms with Crippen molar-refractivity contribution >= 4 is 15.2 Å². The Morgan fingerprint density at radius 3 is 2.50 bits per heavy atom. The molecule has 0 amide bonds. The summed E-state index contributed by atoms with van der Waals surface area (Å²) in [6.45, 7) is 1.02. The lowest BCUT2D eigenvalue weighted by Gasteiger charge is -2.13. The van der Waals surface area contributed by atoms with Crippen molar-refractivity contribution in [2.24, 2.45) is 4.99 Å². The Kier molecular flexibility index (Phi) is 7.72. The maximum Gasteiger partial charge on any atom is 0.134 e. The van der Waals surface area contributed by atoms with Crippen LogP contribution in [-0.4, -0.2) is 41.9 Å². The molecule has 0 N–H and O–H groups in total. The molecule has 1 aliphatic rings. The van der Waals surface area contributed by atoms with Crippen LogP contribution in [0.2, 0.25) is 6.04 Å². The van der Waals surface area contributed by atoms with Crippen molar-refractivity contribution in [2.75, 3.05) is 20.8 Å². The fourth-order valence-electron chi connectivity index (χ4n) is 2.11. The molecule has 0 atom stereocenters. The van der Waals surface area contributed by atoms with Crippen LogP contribution < -0.4 is 0 Å². The minimum Gasteiger partial charge on any atom is -0.360 e. The van der Waals surface area contributed by atoms with Gasteiger partial charge in [-0.25, -0.2) is 0 Å². The SMILES string of the molecule is COC(OC)[SiH2]CCCN=C1CCCCC1. The Bertz CT molecular complexity index is 197. The zero-order valence-corrected chi connectivity index (χ0v) is 12.1. The Labute approximate surface area is 101 Å². The summed E-state index contributed by atoms with van der Waals surface area (Å²) < 4.78 is 10.4. The highest BCUT2D eigenvalue weighted by Crippen LogP contribution is 2.14. The summed E-state index contributed by atoms with van der Waals surface area (Å²) in [5.41, 5.74) is 1.46. The number of hydrogen-bond donors (Lipinski definition) is 0. The van der Waals surface area contributed by atoms with Crippen LogP contribution in [0.3, 0.4) is 0 Å².